The van der Waals surface area contributed by atoms with E-state index in [2.05, 4.69) is 4.99 Å². The minimum Gasteiger partial charge on any atom is -0.391 e. The van der Waals surface area contributed by atoms with E-state index < -0.39 is 18.3 Å². The van der Waals surface area contributed by atoms with Crippen LogP contribution in [-0.2, 0) is 4.74 Å². The van der Waals surface area contributed by atoms with E-state index >= 15 is 0 Å². The highest BCUT2D eigenvalue weighted by Crippen LogP contribution is 2.40. The van der Waals surface area contributed by atoms with Gasteiger partial charge in [0.15, 0.2) is 5.17 Å². The van der Waals surface area contributed by atoms with Crippen LogP contribution in [0, 0.1) is 5.92 Å². The van der Waals surface area contributed by atoms with Crippen molar-refractivity contribution < 1.29 is 14.9 Å². The van der Waals surface area contributed by atoms with Gasteiger partial charge in [0.05, 0.1) is 18.2 Å². The average molecular weight is 260 g/mol. The van der Waals surface area contributed by atoms with Crippen molar-refractivity contribution in [3.63, 3.8) is 0 Å². The highest BCUT2D eigenvalue weighted by molar-refractivity contribution is 8.14. The van der Waals surface area contributed by atoms with Crippen molar-refractivity contribution in [3.05, 3.63) is 0 Å². The first kappa shape index (κ1) is 13.1. The third-order valence-corrected chi connectivity index (χ3v) is 4.63. The Morgan fingerprint density at radius 2 is 2.12 bits per heavy atom. The van der Waals surface area contributed by atoms with Crippen molar-refractivity contribution in [1.29, 1.82) is 0 Å². The molecular weight excluding hydrogens is 240 g/mol. The summed E-state index contributed by atoms with van der Waals surface area (Å²) in [5, 5.41) is 20.6. The number of aliphatic imine (C=N–C) groups is 1. The summed E-state index contributed by atoms with van der Waals surface area (Å²) in [4.78, 5) is 6.52. The van der Waals surface area contributed by atoms with E-state index in [-0.39, 0.29) is 17.4 Å². The van der Waals surface area contributed by atoms with Gasteiger partial charge in [-0.3, -0.25) is 4.99 Å². The monoisotopic (exact) mass is 260 g/mol. The molecule has 0 bridgehead atoms. The van der Waals surface area contributed by atoms with Crippen molar-refractivity contribution in [1.82, 2.24) is 4.90 Å². The minimum absolute atomic E-state index is 0.00157. The predicted molar refractivity (Wildman–Crippen MR) is 68.0 cm³/mol. The normalized spacial score (nSPS) is 42.9. The fourth-order valence-corrected chi connectivity index (χ4v) is 3.46. The fraction of sp³-hybridized carbons (Fsp3) is 0.909. The molecule has 6 atom stereocenters. The van der Waals surface area contributed by atoms with Crippen molar-refractivity contribution in [2.24, 2.45) is 10.9 Å². The SMILES string of the molecule is C[C@@H]1[C@H]2N=C(N(C)C)S[C@H]2OC([C@H](C)O)[C@H]1O. The van der Waals surface area contributed by atoms with Crippen molar-refractivity contribution in [2.45, 2.75) is 43.6 Å². The zero-order chi connectivity index (χ0) is 12.7. The molecule has 0 amide bonds. The molecule has 2 N–H and O–H groups in total. The lowest BCUT2D eigenvalue weighted by atomic mass is 9.88. The van der Waals surface area contributed by atoms with E-state index in [1.807, 2.05) is 25.9 Å². The Hall–Kier alpha value is -0.300. The summed E-state index contributed by atoms with van der Waals surface area (Å²) in [5.74, 6) is -0.00157. The molecule has 6 heteroatoms. The van der Waals surface area contributed by atoms with Crippen LogP contribution in [-0.4, -0.2) is 64.2 Å². The second kappa shape index (κ2) is 4.76. The van der Waals surface area contributed by atoms with Gasteiger partial charge >= 0.3 is 0 Å². The molecule has 1 unspecified atom stereocenters. The molecule has 5 nitrogen and oxygen atoms in total. The predicted octanol–water partition coefficient (Wildman–Crippen LogP) is 0.122. The molecule has 0 aromatic rings. The fourth-order valence-electron chi connectivity index (χ4n) is 2.22. The van der Waals surface area contributed by atoms with E-state index in [0.717, 1.165) is 5.17 Å². The molecule has 17 heavy (non-hydrogen) atoms. The number of ether oxygens (including phenoxy) is 1. The van der Waals surface area contributed by atoms with Crippen LogP contribution in [0.25, 0.3) is 0 Å². The lowest BCUT2D eigenvalue weighted by Gasteiger charge is -2.40. The zero-order valence-corrected chi connectivity index (χ0v) is 11.4. The summed E-state index contributed by atoms with van der Waals surface area (Å²) in [6.45, 7) is 3.61. The summed E-state index contributed by atoms with van der Waals surface area (Å²) in [6, 6.07) is -0.0256. The molecule has 0 saturated carbocycles. The zero-order valence-electron chi connectivity index (χ0n) is 10.6. The second-order valence-electron chi connectivity index (χ2n) is 4.97. The largest absolute Gasteiger partial charge is 0.391 e. The molecule has 2 heterocycles. The quantitative estimate of drug-likeness (QED) is 0.701. The van der Waals surface area contributed by atoms with Crippen LogP contribution in [0.2, 0.25) is 0 Å². The van der Waals surface area contributed by atoms with Gasteiger partial charge in [0.1, 0.15) is 11.5 Å². The molecule has 0 spiro atoms. The van der Waals surface area contributed by atoms with Crippen LogP contribution in [0.5, 0.6) is 0 Å². The number of nitrogens with zero attached hydrogens (tertiary/aromatic N) is 2. The Bertz CT molecular complexity index is 322. The van der Waals surface area contributed by atoms with E-state index in [4.69, 9.17) is 4.74 Å². The molecule has 2 aliphatic heterocycles. The lowest BCUT2D eigenvalue weighted by Crippen LogP contribution is -2.53. The van der Waals surface area contributed by atoms with Crippen LogP contribution in [0.3, 0.4) is 0 Å². The van der Waals surface area contributed by atoms with Crippen LogP contribution >= 0.6 is 11.8 Å². The van der Waals surface area contributed by atoms with Crippen LogP contribution in [0.1, 0.15) is 13.8 Å². The number of hydrogen-bond acceptors (Lipinski definition) is 6. The lowest BCUT2D eigenvalue weighted by molar-refractivity contribution is -0.157. The van der Waals surface area contributed by atoms with Crippen molar-refractivity contribution in [3.8, 4) is 0 Å². The molecule has 0 aromatic carbocycles. The van der Waals surface area contributed by atoms with Gasteiger partial charge in [-0.1, -0.05) is 18.7 Å². The summed E-state index contributed by atoms with van der Waals surface area (Å²) < 4.78 is 5.76. The molecular formula is C11H20N2O3S. The molecule has 0 aliphatic carbocycles. The summed E-state index contributed by atoms with van der Waals surface area (Å²) in [6.07, 6.45) is -1.85. The Morgan fingerprint density at radius 3 is 2.65 bits per heavy atom. The van der Waals surface area contributed by atoms with Crippen molar-refractivity contribution >= 4 is 16.9 Å². The number of hydrogen-bond donors (Lipinski definition) is 2. The molecule has 1 saturated heterocycles. The van der Waals surface area contributed by atoms with Gasteiger partial charge in [-0.2, -0.15) is 0 Å². The van der Waals surface area contributed by atoms with E-state index in [0.29, 0.717) is 0 Å². The molecule has 98 valence electrons. The average Bonchev–Trinajstić information content (AvgIpc) is 2.67. The van der Waals surface area contributed by atoms with Crippen LogP contribution < -0.4 is 0 Å². The number of thioether (sulfide) groups is 1. The third kappa shape index (κ3) is 2.31. The molecule has 2 aliphatic rings. The van der Waals surface area contributed by atoms with Crippen molar-refractivity contribution in [2.75, 3.05) is 14.1 Å². The highest BCUT2D eigenvalue weighted by Gasteiger charge is 2.48. The maximum absolute atomic E-state index is 10.1. The van der Waals surface area contributed by atoms with Gasteiger partial charge < -0.3 is 19.8 Å². The Labute approximate surface area is 106 Å². The van der Waals surface area contributed by atoms with E-state index in [9.17, 15) is 10.2 Å². The van der Waals surface area contributed by atoms with E-state index in [1.54, 1.807) is 18.7 Å². The Kier molecular flexibility index (Phi) is 3.68. The maximum atomic E-state index is 10.1. The topological polar surface area (TPSA) is 65.3 Å². The van der Waals surface area contributed by atoms with Gasteiger partial charge in [-0.15, -0.1) is 0 Å². The molecule has 2 rings (SSSR count). The smallest absolute Gasteiger partial charge is 0.161 e. The van der Waals surface area contributed by atoms with Gasteiger partial charge in [0, 0.05) is 20.0 Å². The number of amidine groups is 1. The summed E-state index contributed by atoms with van der Waals surface area (Å²) >= 11 is 1.56. The number of aliphatic hydroxyl groups excluding tert-OH is 2. The number of rotatable bonds is 1. The van der Waals surface area contributed by atoms with Gasteiger partial charge in [0.2, 0.25) is 0 Å². The van der Waals surface area contributed by atoms with E-state index in [1.165, 1.54) is 0 Å². The molecule has 0 radical (unpaired) electrons. The van der Waals surface area contributed by atoms with Gasteiger partial charge in [0.25, 0.3) is 0 Å². The van der Waals surface area contributed by atoms with Crippen LogP contribution in [0.4, 0.5) is 0 Å². The van der Waals surface area contributed by atoms with Gasteiger partial charge in [-0.25, -0.2) is 0 Å². The first-order valence-corrected chi connectivity index (χ1v) is 6.73. The van der Waals surface area contributed by atoms with Crippen LogP contribution in [0.15, 0.2) is 4.99 Å². The summed E-state index contributed by atoms with van der Waals surface area (Å²) in [7, 11) is 3.88. The molecule has 0 aromatic heterocycles. The first-order valence-electron chi connectivity index (χ1n) is 5.85. The standard InChI is InChI=1S/C11H20N2O3S/c1-5-7-10(17-11(12-7)13(3)4)16-9(6(2)14)8(5)15/h5-10,14-15H,1-4H3/t5-,6+,7-,8+,9?,10-/m1/s1. The minimum atomic E-state index is -0.669. The first-order chi connectivity index (χ1) is 7.91. The number of fused-ring (bicyclic) bond motifs is 1. The molecule has 1 fully saturated rings. The maximum Gasteiger partial charge on any atom is 0.161 e. The van der Waals surface area contributed by atoms with Gasteiger partial charge in [-0.05, 0) is 6.92 Å². The highest BCUT2D eigenvalue weighted by atomic mass is 32.2. The number of aliphatic hydroxyl groups is 2. The summed E-state index contributed by atoms with van der Waals surface area (Å²) in [5.41, 5.74) is -0.0922. The Morgan fingerprint density at radius 1 is 1.47 bits per heavy atom. The Balaban J connectivity index is 2.15. The third-order valence-electron chi connectivity index (χ3n) is 3.32. The second-order valence-corrected chi connectivity index (χ2v) is 6.04.